The summed E-state index contributed by atoms with van der Waals surface area (Å²) in [5.74, 6) is 0.801. The van der Waals surface area contributed by atoms with Crippen molar-refractivity contribution in [2.45, 2.75) is 11.4 Å². The van der Waals surface area contributed by atoms with Crippen LogP contribution in [-0.4, -0.2) is 17.4 Å². The maximum atomic E-state index is 11.5. The van der Waals surface area contributed by atoms with Gasteiger partial charge in [-0.15, -0.1) is 11.8 Å². The van der Waals surface area contributed by atoms with Crippen molar-refractivity contribution in [3.05, 3.63) is 52.9 Å². The Balaban J connectivity index is 1.92. The Morgan fingerprint density at radius 2 is 1.95 bits per heavy atom. The first-order valence-corrected chi connectivity index (χ1v) is 7.14. The van der Waals surface area contributed by atoms with Crippen molar-refractivity contribution in [3.8, 4) is 5.75 Å². The lowest BCUT2D eigenvalue weighted by Crippen LogP contribution is -2.22. The van der Waals surface area contributed by atoms with E-state index in [9.17, 15) is 4.79 Å². The minimum atomic E-state index is -0.0736. The molecule has 0 atom stereocenters. The maximum Gasteiger partial charge on any atom is 0.250 e. The molecule has 19 heavy (non-hydrogen) atoms. The number of hydrogen-bond acceptors (Lipinski definition) is 4. The molecule has 1 aromatic heterocycles. The summed E-state index contributed by atoms with van der Waals surface area (Å²) in [6.07, 6.45) is 3.66. The number of thioether (sulfide) groups is 1. The predicted octanol–water partition coefficient (Wildman–Crippen LogP) is 2.23. The van der Waals surface area contributed by atoms with Gasteiger partial charge in [-0.05, 0) is 36.6 Å². The molecule has 0 saturated heterocycles. The van der Waals surface area contributed by atoms with Crippen LogP contribution in [0, 0.1) is 0 Å². The summed E-state index contributed by atoms with van der Waals surface area (Å²) in [7, 11) is 0. The van der Waals surface area contributed by atoms with E-state index in [2.05, 4.69) is 0 Å². The van der Waals surface area contributed by atoms with Gasteiger partial charge in [-0.2, -0.15) is 0 Å². The van der Waals surface area contributed by atoms with Crippen molar-refractivity contribution < 1.29 is 4.74 Å². The van der Waals surface area contributed by atoms with Crippen molar-refractivity contribution in [1.82, 2.24) is 4.57 Å². The van der Waals surface area contributed by atoms with Gasteiger partial charge in [0.2, 0.25) is 0 Å². The van der Waals surface area contributed by atoms with Crippen LogP contribution in [0.5, 0.6) is 5.75 Å². The summed E-state index contributed by atoms with van der Waals surface area (Å²) >= 11 is 1.69. The number of hydrogen-bond donors (Lipinski definition) is 1. The van der Waals surface area contributed by atoms with E-state index in [-0.39, 0.29) is 5.56 Å². The number of benzene rings is 1. The number of nitrogens with zero attached hydrogens (tertiary/aromatic N) is 1. The smallest absolute Gasteiger partial charge is 0.250 e. The highest BCUT2D eigenvalue weighted by Gasteiger charge is 1.98. The zero-order valence-electron chi connectivity index (χ0n) is 10.7. The first kappa shape index (κ1) is 13.5. The third-order valence-electron chi connectivity index (χ3n) is 2.67. The molecule has 0 fully saturated rings. The van der Waals surface area contributed by atoms with Gasteiger partial charge in [-0.25, -0.2) is 0 Å². The van der Waals surface area contributed by atoms with E-state index in [1.165, 1.54) is 11.0 Å². The fourth-order valence-electron chi connectivity index (χ4n) is 1.66. The van der Waals surface area contributed by atoms with Crippen LogP contribution in [0.25, 0.3) is 0 Å². The van der Waals surface area contributed by atoms with E-state index in [4.69, 9.17) is 10.5 Å². The van der Waals surface area contributed by atoms with Crippen molar-refractivity contribution in [1.29, 1.82) is 0 Å². The van der Waals surface area contributed by atoms with E-state index in [1.54, 1.807) is 28.6 Å². The zero-order chi connectivity index (χ0) is 13.7. The molecule has 100 valence electrons. The Bertz CT molecular complexity index is 593. The van der Waals surface area contributed by atoms with Gasteiger partial charge < -0.3 is 15.0 Å². The average molecular weight is 276 g/mol. The lowest BCUT2D eigenvalue weighted by molar-refractivity contribution is 0.296. The Morgan fingerprint density at radius 3 is 2.63 bits per heavy atom. The lowest BCUT2D eigenvalue weighted by Gasteiger charge is -2.09. The van der Waals surface area contributed by atoms with Gasteiger partial charge in [0.25, 0.3) is 5.56 Å². The lowest BCUT2D eigenvalue weighted by atomic mass is 10.3. The summed E-state index contributed by atoms with van der Waals surface area (Å²) in [4.78, 5) is 12.7. The molecule has 1 heterocycles. The highest BCUT2D eigenvalue weighted by atomic mass is 32.2. The van der Waals surface area contributed by atoms with Gasteiger partial charge in [-0.1, -0.05) is 0 Å². The fourth-order valence-corrected chi connectivity index (χ4v) is 2.07. The highest BCUT2D eigenvalue weighted by molar-refractivity contribution is 7.98. The van der Waals surface area contributed by atoms with Crippen LogP contribution in [0.2, 0.25) is 0 Å². The van der Waals surface area contributed by atoms with Crippen molar-refractivity contribution >= 4 is 17.4 Å². The predicted molar refractivity (Wildman–Crippen MR) is 78.8 cm³/mol. The molecule has 4 nitrogen and oxygen atoms in total. The van der Waals surface area contributed by atoms with E-state index in [1.807, 2.05) is 30.5 Å². The van der Waals surface area contributed by atoms with Gasteiger partial charge in [0.15, 0.2) is 0 Å². The Morgan fingerprint density at radius 1 is 1.21 bits per heavy atom. The van der Waals surface area contributed by atoms with E-state index in [0.717, 1.165) is 5.75 Å². The van der Waals surface area contributed by atoms with Crippen LogP contribution in [0.3, 0.4) is 0 Å². The Labute approximate surface area is 116 Å². The van der Waals surface area contributed by atoms with Crippen molar-refractivity contribution in [2.24, 2.45) is 0 Å². The monoisotopic (exact) mass is 276 g/mol. The van der Waals surface area contributed by atoms with Crippen LogP contribution in [0.15, 0.2) is 52.3 Å². The highest BCUT2D eigenvalue weighted by Crippen LogP contribution is 2.18. The van der Waals surface area contributed by atoms with Crippen molar-refractivity contribution in [2.75, 3.05) is 18.6 Å². The SMILES string of the molecule is CSc1ccc(OCCn2cc(N)ccc2=O)cc1. The minimum Gasteiger partial charge on any atom is -0.492 e. The van der Waals surface area contributed by atoms with Gasteiger partial charge in [-0.3, -0.25) is 4.79 Å². The molecule has 0 aliphatic carbocycles. The van der Waals surface area contributed by atoms with Crippen LogP contribution in [0.4, 0.5) is 5.69 Å². The number of nitrogens with two attached hydrogens (primary N) is 1. The van der Waals surface area contributed by atoms with Gasteiger partial charge in [0.05, 0.1) is 6.54 Å². The average Bonchev–Trinajstić information content (AvgIpc) is 2.43. The van der Waals surface area contributed by atoms with Crippen LogP contribution in [-0.2, 0) is 6.54 Å². The molecule has 5 heteroatoms. The summed E-state index contributed by atoms with van der Waals surface area (Å²) in [6, 6.07) is 10.9. The summed E-state index contributed by atoms with van der Waals surface area (Å²) in [6.45, 7) is 0.913. The minimum absolute atomic E-state index is 0.0736. The zero-order valence-corrected chi connectivity index (χ0v) is 11.5. The molecule has 0 saturated carbocycles. The number of ether oxygens (including phenoxy) is 1. The number of rotatable bonds is 5. The molecule has 0 aliphatic rings. The number of nitrogen functional groups attached to an aromatic ring is 1. The number of aromatic nitrogens is 1. The molecule has 1 aromatic carbocycles. The third-order valence-corrected chi connectivity index (χ3v) is 3.41. The molecule has 2 rings (SSSR count). The van der Waals surface area contributed by atoms with Gasteiger partial charge in [0, 0.05) is 22.8 Å². The maximum absolute atomic E-state index is 11.5. The first-order valence-electron chi connectivity index (χ1n) is 5.92. The van der Waals surface area contributed by atoms with Gasteiger partial charge >= 0.3 is 0 Å². The molecule has 2 N–H and O–H groups in total. The van der Waals surface area contributed by atoms with E-state index >= 15 is 0 Å². The van der Waals surface area contributed by atoms with E-state index < -0.39 is 0 Å². The summed E-state index contributed by atoms with van der Waals surface area (Å²) < 4.78 is 7.14. The molecule has 0 radical (unpaired) electrons. The second-order valence-electron chi connectivity index (χ2n) is 4.02. The molecule has 0 amide bonds. The van der Waals surface area contributed by atoms with Crippen LogP contribution in [0.1, 0.15) is 0 Å². The molecular formula is C14H16N2O2S. The second-order valence-corrected chi connectivity index (χ2v) is 4.90. The first-order chi connectivity index (χ1) is 9.19. The Hall–Kier alpha value is -1.88. The fraction of sp³-hybridized carbons (Fsp3) is 0.214. The number of anilines is 1. The normalized spacial score (nSPS) is 10.4. The molecule has 0 aliphatic heterocycles. The molecule has 0 bridgehead atoms. The quantitative estimate of drug-likeness (QED) is 0.851. The molecule has 0 spiro atoms. The standard InChI is InChI=1S/C14H16N2O2S/c1-19-13-5-3-12(4-6-13)18-9-8-16-10-11(15)2-7-14(16)17/h2-7,10H,8-9,15H2,1H3. The van der Waals surface area contributed by atoms with Crippen LogP contribution < -0.4 is 16.0 Å². The molecular weight excluding hydrogens is 260 g/mol. The Kier molecular flexibility index (Phi) is 4.52. The third kappa shape index (κ3) is 3.79. The molecule has 2 aromatic rings. The van der Waals surface area contributed by atoms with Crippen LogP contribution >= 0.6 is 11.8 Å². The summed E-state index contributed by atoms with van der Waals surface area (Å²) in [5, 5.41) is 0. The van der Waals surface area contributed by atoms with E-state index in [0.29, 0.717) is 18.8 Å². The molecule has 0 unspecified atom stereocenters. The number of pyridine rings is 1. The largest absolute Gasteiger partial charge is 0.492 e. The topological polar surface area (TPSA) is 57.2 Å². The van der Waals surface area contributed by atoms with Crippen molar-refractivity contribution in [3.63, 3.8) is 0 Å². The summed E-state index contributed by atoms with van der Waals surface area (Å²) in [5.41, 5.74) is 6.14. The van der Waals surface area contributed by atoms with Gasteiger partial charge in [0.1, 0.15) is 12.4 Å². The second kappa shape index (κ2) is 6.33.